The van der Waals surface area contributed by atoms with Crippen molar-refractivity contribution in [2.75, 3.05) is 24.6 Å². The Hall–Kier alpha value is -1.21. The van der Waals surface area contributed by atoms with Crippen LogP contribution >= 0.6 is 11.8 Å². The Morgan fingerprint density at radius 1 is 1.50 bits per heavy atom. The van der Waals surface area contributed by atoms with Crippen LogP contribution < -0.4 is 10.6 Å². The Bertz CT molecular complexity index is 578. The van der Waals surface area contributed by atoms with Crippen molar-refractivity contribution in [3.63, 3.8) is 0 Å². The molecule has 0 radical (unpaired) electrons. The van der Waals surface area contributed by atoms with Crippen molar-refractivity contribution < 1.29 is 5.11 Å². The normalized spacial score (nSPS) is 22.7. The monoisotopic (exact) mass is 353 g/mol. The first-order valence-electron chi connectivity index (χ1n) is 8.68. The van der Waals surface area contributed by atoms with E-state index in [0.717, 1.165) is 42.5 Å². The molecule has 136 valence electrons. The molecule has 2 unspecified atom stereocenters. The standard InChI is InChI=1S/C17H31N5OS/c1-6-18-16(19-10-17(23)7-8-24-11-17)20-12(2)9-15-13(3)21-22(5)14(15)4/h12,23H,6-11H2,1-5H3,(H2,18,19,20). The number of hydrogen-bond acceptors (Lipinski definition) is 4. The SMILES string of the molecule is CCNC(=NCC1(O)CCSC1)NC(C)Cc1c(C)nn(C)c1C. The molecule has 0 aromatic carbocycles. The van der Waals surface area contributed by atoms with Crippen molar-refractivity contribution in [1.82, 2.24) is 20.4 Å². The van der Waals surface area contributed by atoms with E-state index in [4.69, 9.17) is 0 Å². The number of guanidine groups is 1. The number of nitrogens with zero attached hydrogens (tertiary/aromatic N) is 3. The molecular weight excluding hydrogens is 322 g/mol. The second-order valence-electron chi connectivity index (χ2n) is 6.74. The van der Waals surface area contributed by atoms with Gasteiger partial charge in [-0.25, -0.2) is 0 Å². The molecule has 1 saturated heterocycles. The maximum atomic E-state index is 10.5. The molecule has 24 heavy (non-hydrogen) atoms. The summed E-state index contributed by atoms with van der Waals surface area (Å²) in [6.45, 7) is 9.62. The highest BCUT2D eigenvalue weighted by Gasteiger charge is 2.31. The molecule has 3 N–H and O–H groups in total. The van der Waals surface area contributed by atoms with E-state index in [2.05, 4.69) is 48.4 Å². The third-order valence-corrected chi connectivity index (χ3v) is 5.74. The van der Waals surface area contributed by atoms with Gasteiger partial charge >= 0.3 is 0 Å². The lowest BCUT2D eigenvalue weighted by Crippen LogP contribution is -2.44. The summed E-state index contributed by atoms with van der Waals surface area (Å²) in [7, 11) is 1.98. The summed E-state index contributed by atoms with van der Waals surface area (Å²) in [5.74, 6) is 2.57. The maximum absolute atomic E-state index is 10.5. The van der Waals surface area contributed by atoms with Crippen molar-refractivity contribution in [3.8, 4) is 0 Å². The van der Waals surface area contributed by atoms with Crippen LogP contribution in [0.2, 0.25) is 0 Å². The first kappa shape index (κ1) is 19.1. The number of nitrogens with one attached hydrogen (secondary N) is 2. The summed E-state index contributed by atoms with van der Waals surface area (Å²) >= 11 is 1.80. The van der Waals surface area contributed by atoms with E-state index in [9.17, 15) is 5.11 Å². The van der Waals surface area contributed by atoms with E-state index in [1.807, 2.05) is 11.7 Å². The van der Waals surface area contributed by atoms with E-state index < -0.39 is 5.60 Å². The summed E-state index contributed by atoms with van der Waals surface area (Å²) in [6, 6.07) is 0.233. The van der Waals surface area contributed by atoms with Gasteiger partial charge in [0.25, 0.3) is 0 Å². The van der Waals surface area contributed by atoms with Crippen LogP contribution in [0.5, 0.6) is 0 Å². The van der Waals surface area contributed by atoms with Crippen LogP contribution in [0.4, 0.5) is 0 Å². The molecule has 7 heteroatoms. The number of aliphatic hydroxyl groups is 1. The van der Waals surface area contributed by atoms with Gasteiger partial charge in [0.1, 0.15) is 0 Å². The molecule has 1 aromatic rings. The average Bonchev–Trinajstić information content (AvgIpc) is 3.05. The van der Waals surface area contributed by atoms with E-state index in [0.29, 0.717) is 6.54 Å². The summed E-state index contributed by atoms with van der Waals surface area (Å²) < 4.78 is 1.93. The first-order valence-corrected chi connectivity index (χ1v) is 9.84. The van der Waals surface area contributed by atoms with Crippen molar-refractivity contribution in [2.45, 2.75) is 52.2 Å². The fourth-order valence-corrected chi connectivity index (χ4v) is 4.26. The number of hydrogen-bond donors (Lipinski definition) is 3. The van der Waals surface area contributed by atoms with Crippen LogP contribution in [-0.2, 0) is 13.5 Å². The van der Waals surface area contributed by atoms with Crippen LogP contribution in [0.1, 0.15) is 37.2 Å². The average molecular weight is 354 g/mol. The molecule has 2 atom stereocenters. The molecule has 1 aliphatic rings. The van der Waals surface area contributed by atoms with Gasteiger partial charge in [-0.05, 0) is 51.9 Å². The van der Waals surface area contributed by atoms with Crippen molar-refractivity contribution in [3.05, 3.63) is 17.0 Å². The molecule has 2 heterocycles. The molecule has 1 aromatic heterocycles. The second kappa shape index (κ2) is 8.25. The zero-order valence-electron chi connectivity index (χ0n) is 15.5. The molecule has 0 aliphatic carbocycles. The van der Waals surface area contributed by atoms with E-state index in [1.54, 1.807) is 11.8 Å². The lowest BCUT2D eigenvalue weighted by molar-refractivity contribution is 0.0778. The third kappa shape index (κ3) is 4.89. The molecule has 0 amide bonds. The fraction of sp³-hybridized carbons (Fsp3) is 0.765. The molecule has 1 fully saturated rings. The number of thioether (sulfide) groups is 1. The molecule has 0 spiro atoms. The Morgan fingerprint density at radius 3 is 2.79 bits per heavy atom. The number of aliphatic imine (C=N–C) groups is 1. The van der Waals surface area contributed by atoms with Crippen LogP contribution in [0, 0.1) is 13.8 Å². The first-order chi connectivity index (χ1) is 11.3. The minimum Gasteiger partial charge on any atom is -0.387 e. The Balaban J connectivity index is 1.98. The van der Waals surface area contributed by atoms with Gasteiger partial charge in [0.2, 0.25) is 0 Å². The van der Waals surface area contributed by atoms with Crippen molar-refractivity contribution in [2.24, 2.45) is 12.0 Å². The molecule has 0 bridgehead atoms. The molecular formula is C17H31N5OS. The topological polar surface area (TPSA) is 74.5 Å². The van der Waals surface area contributed by atoms with Crippen LogP contribution in [-0.4, -0.2) is 57.1 Å². The fourth-order valence-electron chi connectivity index (χ4n) is 2.97. The molecule has 0 saturated carbocycles. The van der Waals surface area contributed by atoms with Crippen LogP contribution in [0.25, 0.3) is 0 Å². The quantitative estimate of drug-likeness (QED) is 0.532. The van der Waals surface area contributed by atoms with Crippen LogP contribution in [0.15, 0.2) is 4.99 Å². The van der Waals surface area contributed by atoms with E-state index in [-0.39, 0.29) is 6.04 Å². The van der Waals surface area contributed by atoms with Gasteiger partial charge in [-0.15, -0.1) is 0 Å². The largest absolute Gasteiger partial charge is 0.387 e. The Kier molecular flexibility index (Phi) is 6.57. The number of aromatic nitrogens is 2. The molecule has 2 rings (SSSR count). The zero-order chi connectivity index (χ0) is 17.7. The van der Waals surface area contributed by atoms with Gasteiger partial charge in [-0.1, -0.05) is 0 Å². The highest BCUT2D eigenvalue weighted by molar-refractivity contribution is 7.99. The van der Waals surface area contributed by atoms with Gasteiger partial charge < -0.3 is 15.7 Å². The summed E-state index contributed by atoms with van der Waals surface area (Å²) in [6.07, 6.45) is 1.72. The lowest BCUT2D eigenvalue weighted by atomic mass is 10.0. The van der Waals surface area contributed by atoms with Gasteiger partial charge in [0, 0.05) is 31.1 Å². The van der Waals surface area contributed by atoms with Gasteiger partial charge in [0.15, 0.2) is 5.96 Å². The summed E-state index contributed by atoms with van der Waals surface area (Å²) in [4.78, 5) is 4.61. The highest BCUT2D eigenvalue weighted by atomic mass is 32.2. The molecule has 6 nitrogen and oxygen atoms in total. The third-order valence-electron chi connectivity index (χ3n) is 4.51. The maximum Gasteiger partial charge on any atom is 0.191 e. The highest BCUT2D eigenvalue weighted by Crippen LogP contribution is 2.27. The van der Waals surface area contributed by atoms with Gasteiger partial charge in [-0.2, -0.15) is 16.9 Å². The summed E-state index contributed by atoms with van der Waals surface area (Å²) in [5, 5.41) is 21.7. The van der Waals surface area contributed by atoms with Crippen molar-refractivity contribution >= 4 is 17.7 Å². The van der Waals surface area contributed by atoms with Crippen LogP contribution in [0.3, 0.4) is 0 Å². The summed E-state index contributed by atoms with van der Waals surface area (Å²) in [5.41, 5.74) is 2.94. The number of rotatable bonds is 6. The van der Waals surface area contributed by atoms with E-state index >= 15 is 0 Å². The predicted molar refractivity (Wildman–Crippen MR) is 102 cm³/mol. The Morgan fingerprint density at radius 2 is 2.25 bits per heavy atom. The second-order valence-corrected chi connectivity index (χ2v) is 7.85. The predicted octanol–water partition coefficient (Wildman–Crippen LogP) is 1.39. The zero-order valence-corrected chi connectivity index (χ0v) is 16.3. The minimum absolute atomic E-state index is 0.233. The minimum atomic E-state index is -0.646. The lowest BCUT2D eigenvalue weighted by Gasteiger charge is -2.22. The van der Waals surface area contributed by atoms with Crippen molar-refractivity contribution in [1.29, 1.82) is 0 Å². The molecule has 1 aliphatic heterocycles. The van der Waals surface area contributed by atoms with Gasteiger partial charge in [0.05, 0.1) is 17.8 Å². The Labute approximate surface area is 149 Å². The smallest absolute Gasteiger partial charge is 0.191 e. The number of aryl methyl sites for hydroxylation is 2. The van der Waals surface area contributed by atoms with Gasteiger partial charge in [-0.3, -0.25) is 9.67 Å². The van der Waals surface area contributed by atoms with E-state index in [1.165, 1.54) is 11.3 Å².